The van der Waals surface area contributed by atoms with Crippen molar-refractivity contribution in [3.8, 4) is 16.7 Å². The smallest absolute Gasteiger partial charge is 0.273 e. The van der Waals surface area contributed by atoms with Crippen LogP contribution in [-0.2, 0) is 0 Å². The average molecular weight is 343 g/mol. The molecule has 2 aromatic rings. The number of nitrogens with zero attached hydrogens (tertiary/aromatic N) is 2. The van der Waals surface area contributed by atoms with Gasteiger partial charge < -0.3 is 9.84 Å². The van der Waals surface area contributed by atoms with E-state index in [1.807, 2.05) is 17.5 Å². The van der Waals surface area contributed by atoms with Crippen molar-refractivity contribution in [1.29, 1.82) is 5.26 Å². The normalized spacial score (nSPS) is 19.5. The molecule has 126 valence electrons. The Hall–Kier alpha value is -2.13. The molecular formula is C18H21N3O2S. The van der Waals surface area contributed by atoms with E-state index in [-0.39, 0.29) is 5.91 Å². The molecule has 0 aromatic carbocycles. The topological polar surface area (TPSA) is 78.9 Å². The largest absolute Gasteiger partial charge is 0.355 e. The number of unbranched alkanes of at least 4 members (excludes halogenated alkanes) is 2. The second kappa shape index (κ2) is 8.11. The van der Waals surface area contributed by atoms with E-state index in [0.717, 1.165) is 36.5 Å². The molecule has 1 aliphatic carbocycles. The van der Waals surface area contributed by atoms with Gasteiger partial charge in [0.2, 0.25) is 0 Å². The summed E-state index contributed by atoms with van der Waals surface area (Å²) in [7, 11) is 0. The molecular weight excluding hydrogens is 322 g/mol. The lowest BCUT2D eigenvalue weighted by atomic mass is 9.73. The Morgan fingerprint density at radius 3 is 3.04 bits per heavy atom. The van der Waals surface area contributed by atoms with Gasteiger partial charge in [-0.05, 0) is 36.6 Å². The molecule has 0 unspecified atom stereocenters. The molecule has 0 spiro atoms. The number of rotatable bonds is 8. The van der Waals surface area contributed by atoms with Crippen LogP contribution in [0, 0.1) is 23.2 Å². The number of nitriles is 1. The van der Waals surface area contributed by atoms with E-state index in [9.17, 15) is 4.79 Å². The molecule has 1 N–H and O–H groups in total. The van der Waals surface area contributed by atoms with Crippen LogP contribution in [0.15, 0.2) is 28.1 Å². The fourth-order valence-electron chi connectivity index (χ4n) is 3.02. The summed E-state index contributed by atoms with van der Waals surface area (Å²) in [4.78, 5) is 13.0. The number of carbonyl (C=O) groups is 1. The zero-order valence-electron chi connectivity index (χ0n) is 13.5. The lowest BCUT2D eigenvalue weighted by molar-refractivity contribution is 0.0944. The van der Waals surface area contributed by atoms with Crippen LogP contribution in [0.2, 0.25) is 0 Å². The van der Waals surface area contributed by atoms with Crippen molar-refractivity contribution in [2.24, 2.45) is 11.8 Å². The van der Waals surface area contributed by atoms with E-state index in [1.54, 1.807) is 17.4 Å². The number of thiophene rings is 1. The van der Waals surface area contributed by atoms with E-state index in [0.29, 0.717) is 23.9 Å². The van der Waals surface area contributed by atoms with Crippen molar-refractivity contribution in [2.75, 3.05) is 6.54 Å². The molecule has 0 saturated heterocycles. The number of hydrogen-bond donors (Lipinski definition) is 1. The molecule has 2 aromatic heterocycles. The molecule has 0 bridgehead atoms. The van der Waals surface area contributed by atoms with Crippen molar-refractivity contribution in [1.82, 2.24) is 10.5 Å². The summed E-state index contributed by atoms with van der Waals surface area (Å²) in [5, 5.41) is 17.4. The van der Waals surface area contributed by atoms with Gasteiger partial charge in [-0.2, -0.15) is 5.26 Å². The summed E-state index contributed by atoms with van der Waals surface area (Å²) in [6.45, 7) is 0.658. The first-order chi connectivity index (χ1) is 11.8. The third-order valence-corrected chi connectivity index (χ3v) is 5.38. The SMILES string of the molecule is N#CC1CC(CCCCCNC(=O)c2cc(-c3cccs3)on2)C1. The first-order valence-corrected chi connectivity index (χ1v) is 9.32. The second-order valence-electron chi connectivity index (χ2n) is 6.32. The lowest BCUT2D eigenvalue weighted by Crippen LogP contribution is -2.25. The van der Waals surface area contributed by atoms with Gasteiger partial charge in [-0.25, -0.2) is 0 Å². The van der Waals surface area contributed by atoms with E-state index < -0.39 is 0 Å². The molecule has 1 saturated carbocycles. The third-order valence-electron chi connectivity index (χ3n) is 4.50. The van der Waals surface area contributed by atoms with E-state index >= 15 is 0 Å². The summed E-state index contributed by atoms with van der Waals surface area (Å²) in [5.74, 6) is 1.49. The summed E-state index contributed by atoms with van der Waals surface area (Å²) >= 11 is 1.56. The van der Waals surface area contributed by atoms with Gasteiger partial charge >= 0.3 is 0 Å². The van der Waals surface area contributed by atoms with Crippen LogP contribution in [0.1, 0.15) is 49.0 Å². The van der Waals surface area contributed by atoms with Crippen molar-refractivity contribution in [3.05, 3.63) is 29.3 Å². The van der Waals surface area contributed by atoms with Crippen LogP contribution in [0.4, 0.5) is 0 Å². The van der Waals surface area contributed by atoms with Gasteiger partial charge in [0, 0.05) is 18.5 Å². The molecule has 2 heterocycles. The van der Waals surface area contributed by atoms with Crippen molar-refractivity contribution >= 4 is 17.2 Å². The average Bonchev–Trinajstić information content (AvgIpc) is 3.22. The minimum absolute atomic E-state index is 0.183. The van der Waals surface area contributed by atoms with Gasteiger partial charge in [0.25, 0.3) is 5.91 Å². The number of amides is 1. The maximum Gasteiger partial charge on any atom is 0.273 e. The quantitative estimate of drug-likeness (QED) is 0.727. The van der Waals surface area contributed by atoms with E-state index in [2.05, 4.69) is 16.5 Å². The zero-order chi connectivity index (χ0) is 16.8. The molecule has 0 radical (unpaired) electrons. The molecule has 5 nitrogen and oxygen atoms in total. The van der Waals surface area contributed by atoms with Crippen LogP contribution in [-0.4, -0.2) is 17.6 Å². The van der Waals surface area contributed by atoms with Gasteiger partial charge in [0.15, 0.2) is 11.5 Å². The first-order valence-electron chi connectivity index (χ1n) is 8.44. The summed E-state index contributed by atoms with van der Waals surface area (Å²) < 4.78 is 5.21. The predicted molar refractivity (Wildman–Crippen MR) is 92.4 cm³/mol. The Labute approximate surface area is 145 Å². The number of nitrogens with one attached hydrogen (secondary N) is 1. The lowest BCUT2D eigenvalue weighted by Gasteiger charge is -2.30. The maximum absolute atomic E-state index is 12.0. The molecule has 6 heteroatoms. The monoisotopic (exact) mass is 343 g/mol. The van der Waals surface area contributed by atoms with Gasteiger partial charge in [-0.15, -0.1) is 11.3 Å². The first kappa shape index (κ1) is 16.7. The summed E-state index contributed by atoms with van der Waals surface area (Å²) in [5.41, 5.74) is 0.329. The van der Waals surface area contributed by atoms with Gasteiger partial charge in [-0.3, -0.25) is 4.79 Å². The molecule has 1 amide bonds. The van der Waals surface area contributed by atoms with Crippen LogP contribution in [0.5, 0.6) is 0 Å². The fraction of sp³-hybridized carbons (Fsp3) is 0.500. The summed E-state index contributed by atoms with van der Waals surface area (Å²) in [6.07, 6.45) is 6.60. The number of aromatic nitrogens is 1. The van der Waals surface area contributed by atoms with Crippen molar-refractivity contribution in [2.45, 2.75) is 38.5 Å². The highest BCUT2D eigenvalue weighted by Gasteiger charge is 2.27. The van der Waals surface area contributed by atoms with Crippen molar-refractivity contribution < 1.29 is 9.32 Å². The van der Waals surface area contributed by atoms with Gasteiger partial charge in [0.1, 0.15) is 0 Å². The molecule has 1 aliphatic rings. The van der Waals surface area contributed by atoms with Gasteiger partial charge in [0.05, 0.1) is 10.9 Å². The summed E-state index contributed by atoms with van der Waals surface area (Å²) in [6, 6.07) is 7.88. The highest BCUT2D eigenvalue weighted by molar-refractivity contribution is 7.13. The Kier molecular flexibility index (Phi) is 5.65. The van der Waals surface area contributed by atoms with Crippen LogP contribution in [0.3, 0.4) is 0 Å². The second-order valence-corrected chi connectivity index (χ2v) is 7.27. The third kappa shape index (κ3) is 4.24. The minimum Gasteiger partial charge on any atom is -0.355 e. The predicted octanol–water partition coefficient (Wildman–Crippen LogP) is 4.24. The Bertz CT molecular complexity index is 696. The molecule has 24 heavy (non-hydrogen) atoms. The minimum atomic E-state index is -0.183. The molecule has 0 atom stereocenters. The maximum atomic E-state index is 12.0. The Morgan fingerprint density at radius 1 is 1.42 bits per heavy atom. The number of carbonyl (C=O) groups excluding carboxylic acids is 1. The Balaban J connectivity index is 1.30. The van der Waals surface area contributed by atoms with Gasteiger partial charge in [-0.1, -0.05) is 30.5 Å². The number of hydrogen-bond acceptors (Lipinski definition) is 5. The zero-order valence-corrected chi connectivity index (χ0v) is 14.3. The molecule has 0 aliphatic heterocycles. The standard InChI is InChI=1S/C18H21N3O2S/c19-12-14-9-13(10-14)5-2-1-3-7-20-18(22)15-11-16(23-21-15)17-6-4-8-24-17/h4,6,8,11,13-14H,1-3,5,7,9-10H2,(H,20,22). The van der Waals surface area contributed by atoms with Crippen LogP contribution < -0.4 is 5.32 Å². The Morgan fingerprint density at radius 2 is 2.29 bits per heavy atom. The van der Waals surface area contributed by atoms with E-state index in [1.165, 1.54) is 12.8 Å². The van der Waals surface area contributed by atoms with E-state index in [4.69, 9.17) is 9.78 Å². The highest BCUT2D eigenvalue weighted by Crippen LogP contribution is 2.36. The highest BCUT2D eigenvalue weighted by atomic mass is 32.1. The van der Waals surface area contributed by atoms with Crippen LogP contribution in [0.25, 0.3) is 10.6 Å². The fourth-order valence-corrected chi connectivity index (χ4v) is 3.69. The van der Waals surface area contributed by atoms with Crippen molar-refractivity contribution in [3.63, 3.8) is 0 Å². The molecule has 1 fully saturated rings. The van der Waals surface area contributed by atoms with Crippen LogP contribution >= 0.6 is 11.3 Å². The molecule has 3 rings (SSSR count).